The zero-order chi connectivity index (χ0) is 18.4. The molecule has 0 bridgehead atoms. The molecule has 0 fully saturated rings. The number of hydrogen-bond donors (Lipinski definition) is 1. The van der Waals surface area contributed by atoms with E-state index in [0.29, 0.717) is 11.0 Å². The lowest BCUT2D eigenvalue weighted by Gasteiger charge is -2.16. The van der Waals surface area contributed by atoms with Crippen LogP contribution in [0.4, 0.5) is 13.2 Å². The van der Waals surface area contributed by atoms with Gasteiger partial charge in [-0.05, 0) is 13.3 Å². The van der Waals surface area contributed by atoms with Crippen molar-refractivity contribution >= 4 is 17.7 Å². The van der Waals surface area contributed by atoms with Crippen molar-refractivity contribution < 1.29 is 18.0 Å². The van der Waals surface area contributed by atoms with Gasteiger partial charge in [0.15, 0.2) is 11.0 Å². The molecule has 2 rings (SSSR count). The highest BCUT2D eigenvalue weighted by Crippen LogP contribution is 2.28. The van der Waals surface area contributed by atoms with E-state index in [4.69, 9.17) is 0 Å². The van der Waals surface area contributed by atoms with E-state index in [0.717, 1.165) is 23.7 Å². The van der Waals surface area contributed by atoms with E-state index in [-0.39, 0.29) is 11.8 Å². The van der Waals surface area contributed by atoms with Gasteiger partial charge in [0.2, 0.25) is 5.91 Å². The maximum absolute atomic E-state index is 12.1. The van der Waals surface area contributed by atoms with Crippen molar-refractivity contribution in [1.29, 1.82) is 0 Å². The summed E-state index contributed by atoms with van der Waals surface area (Å²) in [5, 5.41) is 10.7. The van der Waals surface area contributed by atoms with Gasteiger partial charge in [0.25, 0.3) is 0 Å². The molecule has 25 heavy (non-hydrogen) atoms. The third kappa shape index (κ3) is 5.48. The Morgan fingerprint density at radius 3 is 2.56 bits per heavy atom. The topological polar surface area (TPSA) is 59.8 Å². The van der Waals surface area contributed by atoms with Crippen molar-refractivity contribution in [2.45, 2.75) is 37.6 Å². The Morgan fingerprint density at radius 1 is 1.28 bits per heavy atom. The normalized spacial score (nSPS) is 12.8. The third-order valence-electron chi connectivity index (χ3n) is 3.55. The molecule has 0 saturated heterocycles. The van der Waals surface area contributed by atoms with Crippen LogP contribution in [0.1, 0.15) is 26.3 Å². The summed E-state index contributed by atoms with van der Waals surface area (Å²) < 4.78 is 38.3. The van der Waals surface area contributed by atoms with Gasteiger partial charge in [-0.2, -0.15) is 13.2 Å². The van der Waals surface area contributed by atoms with Crippen LogP contribution in [0.3, 0.4) is 0 Å². The molecule has 1 amide bonds. The van der Waals surface area contributed by atoms with Gasteiger partial charge in [-0.3, -0.25) is 9.36 Å². The van der Waals surface area contributed by atoms with Crippen LogP contribution in [0.15, 0.2) is 35.5 Å². The highest BCUT2D eigenvalue weighted by molar-refractivity contribution is 7.99. The molecular weight excluding hydrogens is 353 g/mol. The average Bonchev–Trinajstić information content (AvgIpc) is 3.01. The summed E-state index contributed by atoms with van der Waals surface area (Å²) in [5.74, 6) is -0.171. The standard InChI is InChI=1S/C16H19F3N4OS/c1-3-11(2)23-14(12-7-5-4-6-8-12)21-22-15(23)25-9-13(24)20-10-16(17,18)19/h4-8,11H,3,9-10H2,1-2H3,(H,20,24)/t11-/m0/s1. The summed E-state index contributed by atoms with van der Waals surface area (Å²) in [6.07, 6.45) is -3.59. The Balaban J connectivity index is 2.13. The molecule has 0 unspecified atom stereocenters. The molecule has 0 aliphatic rings. The van der Waals surface area contributed by atoms with E-state index in [1.54, 1.807) is 0 Å². The number of nitrogens with zero attached hydrogens (tertiary/aromatic N) is 3. The molecule has 1 aromatic carbocycles. The Morgan fingerprint density at radius 2 is 1.96 bits per heavy atom. The lowest BCUT2D eigenvalue weighted by Crippen LogP contribution is -2.34. The van der Waals surface area contributed by atoms with Gasteiger partial charge in [-0.15, -0.1) is 10.2 Å². The minimum absolute atomic E-state index is 0.0888. The number of carbonyl (C=O) groups excluding carboxylic acids is 1. The van der Waals surface area contributed by atoms with Gasteiger partial charge in [-0.25, -0.2) is 0 Å². The van der Waals surface area contributed by atoms with Crippen LogP contribution in [0.2, 0.25) is 0 Å². The summed E-state index contributed by atoms with van der Waals surface area (Å²) >= 11 is 1.07. The molecule has 1 aromatic heterocycles. The number of alkyl halides is 3. The zero-order valence-electron chi connectivity index (χ0n) is 13.9. The molecule has 1 N–H and O–H groups in total. The van der Waals surface area contributed by atoms with Crippen LogP contribution in [-0.2, 0) is 4.79 Å². The number of halogens is 3. The molecule has 0 spiro atoms. The molecule has 136 valence electrons. The van der Waals surface area contributed by atoms with Crippen LogP contribution >= 0.6 is 11.8 Å². The van der Waals surface area contributed by atoms with E-state index >= 15 is 0 Å². The monoisotopic (exact) mass is 372 g/mol. The number of hydrogen-bond acceptors (Lipinski definition) is 4. The minimum Gasteiger partial charge on any atom is -0.346 e. The number of rotatable bonds is 7. The molecule has 0 aliphatic carbocycles. The first-order valence-electron chi connectivity index (χ1n) is 7.78. The lowest BCUT2D eigenvalue weighted by molar-refractivity contribution is -0.136. The highest BCUT2D eigenvalue weighted by atomic mass is 32.2. The maximum atomic E-state index is 12.1. The van der Waals surface area contributed by atoms with Crippen LogP contribution in [-0.4, -0.2) is 39.1 Å². The molecule has 1 heterocycles. The molecule has 2 aromatic rings. The quantitative estimate of drug-likeness (QED) is 0.753. The smallest absolute Gasteiger partial charge is 0.346 e. The van der Waals surface area contributed by atoms with E-state index in [2.05, 4.69) is 10.2 Å². The Kier molecular flexibility index (Phi) is 6.46. The van der Waals surface area contributed by atoms with Gasteiger partial charge in [0.05, 0.1) is 5.75 Å². The van der Waals surface area contributed by atoms with Gasteiger partial charge in [0, 0.05) is 11.6 Å². The van der Waals surface area contributed by atoms with E-state index in [9.17, 15) is 18.0 Å². The second-order valence-corrected chi connectivity index (χ2v) is 6.42. The molecule has 0 saturated carbocycles. The van der Waals surface area contributed by atoms with Crippen molar-refractivity contribution in [2.24, 2.45) is 0 Å². The number of benzene rings is 1. The van der Waals surface area contributed by atoms with Crippen molar-refractivity contribution in [1.82, 2.24) is 20.1 Å². The van der Waals surface area contributed by atoms with Gasteiger partial charge in [0.1, 0.15) is 6.54 Å². The van der Waals surface area contributed by atoms with Crippen molar-refractivity contribution in [3.63, 3.8) is 0 Å². The SMILES string of the molecule is CC[C@H](C)n1c(SCC(=O)NCC(F)(F)F)nnc1-c1ccccc1. The van der Waals surface area contributed by atoms with Crippen molar-refractivity contribution in [3.8, 4) is 11.4 Å². The zero-order valence-corrected chi connectivity index (χ0v) is 14.7. The first-order valence-corrected chi connectivity index (χ1v) is 8.77. The van der Waals surface area contributed by atoms with E-state index in [1.165, 1.54) is 0 Å². The van der Waals surface area contributed by atoms with Crippen molar-refractivity contribution in [3.05, 3.63) is 30.3 Å². The number of amides is 1. The van der Waals surface area contributed by atoms with Crippen LogP contribution in [0.25, 0.3) is 11.4 Å². The number of nitrogens with one attached hydrogen (secondary N) is 1. The number of aromatic nitrogens is 3. The summed E-state index contributed by atoms with van der Waals surface area (Å²) in [7, 11) is 0. The maximum Gasteiger partial charge on any atom is 0.405 e. The molecule has 0 aliphatic heterocycles. The van der Waals surface area contributed by atoms with E-state index < -0.39 is 18.6 Å². The predicted octanol–water partition coefficient (Wildman–Crippen LogP) is 3.69. The third-order valence-corrected chi connectivity index (χ3v) is 4.49. The van der Waals surface area contributed by atoms with Gasteiger partial charge >= 0.3 is 6.18 Å². The fourth-order valence-corrected chi connectivity index (χ4v) is 2.99. The fraction of sp³-hybridized carbons (Fsp3) is 0.438. The fourth-order valence-electron chi connectivity index (χ4n) is 2.12. The largest absolute Gasteiger partial charge is 0.405 e. The number of thioether (sulfide) groups is 1. The molecule has 9 heteroatoms. The first-order chi connectivity index (χ1) is 11.8. The van der Waals surface area contributed by atoms with Crippen LogP contribution < -0.4 is 5.32 Å². The van der Waals surface area contributed by atoms with Crippen molar-refractivity contribution in [2.75, 3.05) is 12.3 Å². The number of carbonyl (C=O) groups is 1. The highest BCUT2D eigenvalue weighted by Gasteiger charge is 2.28. The lowest BCUT2D eigenvalue weighted by atomic mass is 10.2. The van der Waals surface area contributed by atoms with Crippen LogP contribution in [0.5, 0.6) is 0 Å². The molecular formula is C16H19F3N4OS. The second-order valence-electron chi connectivity index (χ2n) is 5.48. The summed E-state index contributed by atoms with van der Waals surface area (Å²) in [6.45, 7) is 2.69. The van der Waals surface area contributed by atoms with Gasteiger partial charge < -0.3 is 5.32 Å². The van der Waals surface area contributed by atoms with Gasteiger partial charge in [-0.1, -0.05) is 49.0 Å². The Bertz CT molecular complexity index is 703. The summed E-state index contributed by atoms with van der Waals surface area (Å²) in [4.78, 5) is 11.6. The Hall–Kier alpha value is -2.03. The molecule has 1 atom stereocenters. The first kappa shape index (κ1) is 19.3. The predicted molar refractivity (Wildman–Crippen MR) is 90.2 cm³/mol. The summed E-state index contributed by atoms with van der Waals surface area (Å²) in [6, 6.07) is 9.59. The Labute approximate surface area is 148 Å². The van der Waals surface area contributed by atoms with Crippen LogP contribution in [0, 0.1) is 0 Å². The second kappa shape index (κ2) is 8.37. The minimum atomic E-state index is -4.42. The average molecular weight is 372 g/mol. The summed E-state index contributed by atoms with van der Waals surface area (Å²) in [5.41, 5.74) is 0.892. The molecule has 0 radical (unpaired) electrons. The molecule has 5 nitrogen and oxygen atoms in total. The van der Waals surface area contributed by atoms with E-state index in [1.807, 2.05) is 54.1 Å².